The maximum Gasteiger partial charge on any atom is 0.165 e. The monoisotopic (exact) mass is 223 g/mol. The van der Waals surface area contributed by atoms with Gasteiger partial charge in [-0.2, -0.15) is 0 Å². The van der Waals surface area contributed by atoms with E-state index in [1.807, 2.05) is 0 Å². The van der Waals surface area contributed by atoms with Crippen molar-refractivity contribution >= 4 is 5.82 Å². The summed E-state index contributed by atoms with van der Waals surface area (Å²) in [6.45, 7) is 5.04. The quantitative estimate of drug-likeness (QED) is 0.823. The normalized spacial score (nSPS) is 25.4. The van der Waals surface area contributed by atoms with Gasteiger partial charge in [0.15, 0.2) is 11.6 Å². The highest BCUT2D eigenvalue weighted by atomic mass is 19.1. The molecule has 0 spiro atoms. The summed E-state index contributed by atoms with van der Waals surface area (Å²) in [5, 5.41) is 6.47. The molecule has 0 amide bonds. The molecule has 1 saturated heterocycles. The Morgan fingerprint density at radius 3 is 3.19 bits per heavy atom. The second kappa shape index (κ2) is 4.78. The molecule has 0 radical (unpaired) electrons. The van der Waals surface area contributed by atoms with Crippen molar-refractivity contribution in [3.05, 3.63) is 24.1 Å². The molecule has 1 unspecified atom stereocenters. The van der Waals surface area contributed by atoms with Gasteiger partial charge >= 0.3 is 0 Å². The second-order valence-electron chi connectivity index (χ2n) is 4.78. The van der Waals surface area contributed by atoms with Crippen LogP contribution in [0, 0.1) is 11.2 Å². The minimum absolute atomic E-state index is 0.197. The lowest BCUT2D eigenvalue weighted by atomic mass is 9.83. The molecule has 1 aromatic heterocycles. The van der Waals surface area contributed by atoms with E-state index in [0.29, 0.717) is 5.82 Å². The average molecular weight is 223 g/mol. The number of halogens is 1. The van der Waals surface area contributed by atoms with Crippen LogP contribution in [0.5, 0.6) is 0 Å². The molecular formula is C12H18FN3. The number of rotatable bonds is 3. The summed E-state index contributed by atoms with van der Waals surface area (Å²) in [5.41, 5.74) is 0.197. The lowest BCUT2D eigenvalue weighted by Gasteiger charge is -2.34. The maximum absolute atomic E-state index is 13.3. The van der Waals surface area contributed by atoms with Crippen LogP contribution in [-0.4, -0.2) is 24.6 Å². The van der Waals surface area contributed by atoms with E-state index in [0.717, 1.165) is 19.6 Å². The maximum atomic E-state index is 13.3. The first-order valence-electron chi connectivity index (χ1n) is 5.75. The lowest BCUT2D eigenvalue weighted by molar-refractivity contribution is 0.253. The Kier molecular flexibility index (Phi) is 3.39. The topological polar surface area (TPSA) is 37.0 Å². The van der Waals surface area contributed by atoms with Crippen molar-refractivity contribution in [3.8, 4) is 0 Å². The highest BCUT2D eigenvalue weighted by molar-refractivity contribution is 5.35. The van der Waals surface area contributed by atoms with Gasteiger partial charge in [-0.1, -0.05) is 6.92 Å². The molecule has 1 aliphatic heterocycles. The molecular weight excluding hydrogens is 205 g/mol. The van der Waals surface area contributed by atoms with E-state index < -0.39 is 0 Å². The highest BCUT2D eigenvalue weighted by Crippen LogP contribution is 2.25. The van der Waals surface area contributed by atoms with Gasteiger partial charge in [0.05, 0.1) is 0 Å². The molecule has 16 heavy (non-hydrogen) atoms. The van der Waals surface area contributed by atoms with Crippen molar-refractivity contribution in [1.29, 1.82) is 0 Å². The molecule has 1 aliphatic rings. The van der Waals surface area contributed by atoms with Gasteiger partial charge in [0.1, 0.15) is 0 Å². The van der Waals surface area contributed by atoms with Crippen molar-refractivity contribution in [1.82, 2.24) is 10.3 Å². The lowest BCUT2D eigenvalue weighted by Crippen LogP contribution is -2.42. The summed E-state index contributed by atoms with van der Waals surface area (Å²) in [5.74, 6) is 0.0733. The van der Waals surface area contributed by atoms with Gasteiger partial charge < -0.3 is 10.6 Å². The number of nitrogens with one attached hydrogen (secondary N) is 2. The fourth-order valence-electron chi connectivity index (χ4n) is 2.08. The predicted octanol–water partition coefficient (Wildman–Crippen LogP) is 2.02. The minimum atomic E-state index is -0.283. The highest BCUT2D eigenvalue weighted by Gasteiger charge is 2.26. The van der Waals surface area contributed by atoms with E-state index in [2.05, 4.69) is 22.5 Å². The molecule has 4 heteroatoms. The van der Waals surface area contributed by atoms with Crippen LogP contribution in [0.25, 0.3) is 0 Å². The van der Waals surface area contributed by atoms with Crippen molar-refractivity contribution in [3.63, 3.8) is 0 Å². The molecule has 1 fully saturated rings. The zero-order valence-electron chi connectivity index (χ0n) is 9.59. The average Bonchev–Trinajstić information content (AvgIpc) is 2.29. The third-order valence-electron chi connectivity index (χ3n) is 3.13. The van der Waals surface area contributed by atoms with E-state index in [1.54, 1.807) is 12.3 Å². The summed E-state index contributed by atoms with van der Waals surface area (Å²) in [7, 11) is 0. The van der Waals surface area contributed by atoms with E-state index in [-0.39, 0.29) is 11.2 Å². The molecule has 0 aromatic carbocycles. The molecule has 1 aromatic rings. The van der Waals surface area contributed by atoms with Gasteiger partial charge in [-0.3, -0.25) is 0 Å². The molecule has 0 aliphatic carbocycles. The van der Waals surface area contributed by atoms with E-state index in [9.17, 15) is 4.39 Å². The van der Waals surface area contributed by atoms with Gasteiger partial charge in [0.2, 0.25) is 0 Å². The first-order valence-corrected chi connectivity index (χ1v) is 5.75. The molecule has 88 valence electrons. The van der Waals surface area contributed by atoms with Crippen LogP contribution in [0.1, 0.15) is 19.8 Å². The number of anilines is 1. The number of nitrogens with zero attached hydrogens (tertiary/aromatic N) is 1. The summed E-state index contributed by atoms with van der Waals surface area (Å²) >= 11 is 0. The largest absolute Gasteiger partial charge is 0.367 e. The number of pyridine rings is 1. The standard InChI is InChI=1S/C12H18FN3/c1-12(5-3-6-14-8-12)9-16-11-10(13)4-2-7-15-11/h2,4,7,14H,3,5-6,8-9H2,1H3,(H,15,16). The molecule has 0 saturated carbocycles. The van der Waals surface area contributed by atoms with E-state index in [4.69, 9.17) is 0 Å². The molecule has 2 rings (SSSR count). The minimum Gasteiger partial charge on any atom is -0.367 e. The fraction of sp³-hybridized carbons (Fsp3) is 0.583. The third kappa shape index (κ3) is 2.70. The molecule has 2 N–H and O–H groups in total. The van der Waals surface area contributed by atoms with Crippen LogP contribution in [0.4, 0.5) is 10.2 Å². The number of hydrogen-bond donors (Lipinski definition) is 2. The number of hydrogen-bond acceptors (Lipinski definition) is 3. The Balaban J connectivity index is 1.94. The van der Waals surface area contributed by atoms with Crippen LogP contribution in [0.2, 0.25) is 0 Å². The van der Waals surface area contributed by atoms with E-state index in [1.165, 1.54) is 18.9 Å². The van der Waals surface area contributed by atoms with Crippen LogP contribution in [-0.2, 0) is 0 Å². The van der Waals surface area contributed by atoms with Gasteiger partial charge in [-0.15, -0.1) is 0 Å². The number of aromatic nitrogens is 1. The summed E-state index contributed by atoms with van der Waals surface area (Å²) in [4.78, 5) is 3.99. The van der Waals surface area contributed by atoms with Gasteiger partial charge in [0.25, 0.3) is 0 Å². The number of piperidine rings is 1. The smallest absolute Gasteiger partial charge is 0.165 e. The Bertz CT molecular complexity index is 348. The van der Waals surface area contributed by atoms with E-state index >= 15 is 0 Å². The third-order valence-corrected chi connectivity index (χ3v) is 3.13. The summed E-state index contributed by atoms with van der Waals surface area (Å²) in [6, 6.07) is 3.03. The molecule has 2 heterocycles. The van der Waals surface area contributed by atoms with Crippen LogP contribution >= 0.6 is 0 Å². The van der Waals surface area contributed by atoms with Crippen molar-refractivity contribution < 1.29 is 4.39 Å². The second-order valence-corrected chi connectivity index (χ2v) is 4.78. The van der Waals surface area contributed by atoms with Crippen LogP contribution < -0.4 is 10.6 Å². The van der Waals surface area contributed by atoms with Gasteiger partial charge in [-0.25, -0.2) is 9.37 Å². The Morgan fingerprint density at radius 2 is 2.50 bits per heavy atom. The molecule has 0 bridgehead atoms. The summed E-state index contributed by atoms with van der Waals surface area (Å²) < 4.78 is 13.3. The predicted molar refractivity (Wildman–Crippen MR) is 62.9 cm³/mol. The first kappa shape index (κ1) is 11.3. The SMILES string of the molecule is CC1(CNc2ncccc2F)CCCNC1. The fourth-order valence-corrected chi connectivity index (χ4v) is 2.08. The molecule has 1 atom stereocenters. The van der Waals surface area contributed by atoms with Crippen molar-refractivity contribution in [2.75, 3.05) is 25.0 Å². The Hall–Kier alpha value is -1.16. The first-order chi connectivity index (χ1) is 7.70. The molecule has 3 nitrogen and oxygen atoms in total. The Labute approximate surface area is 95.5 Å². The zero-order chi connectivity index (χ0) is 11.4. The zero-order valence-corrected chi connectivity index (χ0v) is 9.59. The van der Waals surface area contributed by atoms with Crippen molar-refractivity contribution in [2.24, 2.45) is 5.41 Å². The van der Waals surface area contributed by atoms with Crippen molar-refractivity contribution in [2.45, 2.75) is 19.8 Å². The van der Waals surface area contributed by atoms with Crippen LogP contribution in [0.3, 0.4) is 0 Å². The van der Waals surface area contributed by atoms with Gasteiger partial charge in [0, 0.05) is 19.3 Å². The van der Waals surface area contributed by atoms with Crippen LogP contribution in [0.15, 0.2) is 18.3 Å². The Morgan fingerprint density at radius 1 is 1.62 bits per heavy atom. The van der Waals surface area contributed by atoms with Gasteiger partial charge in [-0.05, 0) is 36.9 Å². The summed E-state index contributed by atoms with van der Waals surface area (Å²) in [6.07, 6.45) is 3.96.